The normalized spacial score (nSPS) is 12.3. The van der Waals surface area contributed by atoms with E-state index in [0.29, 0.717) is 17.2 Å². The first-order chi connectivity index (χ1) is 8.66. The molecule has 18 heavy (non-hydrogen) atoms. The van der Waals surface area contributed by atoms with Crippen molar-refractivity contribution in [3.8, 4) is 0 Å². The van der Waals surface area contributed by atoms with E-state index < -0.39 is 10.8 Å². The molecule has 1 atom stereocenters. The Morgan fingerprint density at radius 2 is 1.72 bits per heavy atom. The van der Waals surface area contributed by atoms with Gasteiger partial charge in [-0.3, -0.25) is 4.21 Å². The fourth-order valence-corrected chi connectivity index (χ4v) is 3.72. The molecular weight excluding hydrogens is 310 g/mol. The van der Waals surface area contributed by atoms with E-state index in [1.807, 2.05) is 48.5 Å². The van der Waals surface area contributed by atoms with Gasteiger partial charge in [-0.25, -0.2) is 0 Å². The van der Waals surface area contributed by atoms with Gasteiger partial charge in [0.25, 0.3) is 0 Å². The van der Waals surface area contributed by atoms with Crippen LogP contribution in [0.5, 0.6) is 0 Å². The summed E-state index contributed by atoms with van der Waals surface area (Å²) in [5, 5.41) is 0. The zero-order valence-corrected chi connectivity index (χ0v) is 12.2. The lowest BCUT2D eigenvalue weighted by Crippen LogP contribution is -2.03. The molecule has 2 nitrogen and oxygen atoms in total. The number of hydrogen-bond acceptors (Lipinski definition) is 2. The van der Waals surface area contributed by atoms with Gasteiger partial charge in [-0.2, -0.15) is 0 Å². The summed E-state index contributed by atoms with van der Waals surface area (Å²) in [7, 11) is -0.953. The van der Waals surface area contributed by atoms with Crippen LogP contribution in [-0.4, -0.2) is 4.21 Å². The fourth-order valence-electron chi connectivity index (χ4n) is 1.70. The Hall–Kier alpha value is -1.13. The van der Waals surface area contributed by atoms with Crippen molar-refractivity contribution in [3.63, 3.8) is 0 Å². The monoisotopic (exact) mass is 323 g/mol. The van der Waals surface area contributed by atoms with Crippen LogP contribution in [-0.2, 0) is 22.3 Å². The molecular formula is C14H14BrNOS. The van der Waals surface area contributed by atoms with Crippen LogP contribution < -0.4 is 5.73 Å². The van der Waals surface area contributed by atoms with E-state index in [1.54, 1.807) is 0 Å². The maximum absolute atomic E-state index is 12.1. The van der Waals surface area contributed by atoms with E-state index in [0.717, 1.165) is 15.6 Å². The summed E-state index contributed by atoms with van der Waals surface area (Å²) in [6.07, 6.45) is 0. The molecule has 0 aliphatic carbocycles. The zero-order valence-electron chi connectivity index (χ0n) is 9.80. The number of hydrogen-bond donors (Lipinski definition) is 1. The molecule has 0 saturated carbocycles. The van der Waals surface area contributed by atoms with E-state index in [-0.39, 0.29) is 0 Å². The predicted octanol–water partition coefficient (Wildman–Crippen LogP) is 3.48. The minimum Gasteiger partial charge on any atom is -0.398 e. The summed E-state index contributed by atoms with van der Waals surface area (Å²) in [5.74, 6) is 1.03. The molecule has 2 aromatic carbocycles. The predicted molar refractivity (Wildman–Crippen MR) is 80.5 cm³/mol. The molecule has 0 aliphatic rings. The third-order valence-corrected chi connectivity index (χ3v) is 4.64. The average molecular weight is 324 g/mol. The van der Waals surface area contributed by atoms with Crippen molar-refractivity contribution in [2.75, 3.05) is 5.73 Å². The van der Waals surface area contributed by atoms with Crippen molar-refractivity contribution in [2.45, 2.75) is 11.5 Å². The molecule has 0 aromatic heterocycles. The van der Waals surface area contributed by atoms with Crippen LogP contribution in [0, 0.1) is 0 Å². The molecule has 2 rings (SSSR count). The first-order valence-electron chi connectivity index (χ1n) is 5.58. The number of nitrogens with two attached hydrogens (primary N) is 1. The zero-order chi connectivity index (χ0) is 13.0. The van der Waals surface area contributed by atoms with Gasteiger partial charge in [-0.05, 0) is 17.7 Å². The third kappa shape index (κ3) is 3.43. The molecule has 0 bridgehead atoms. The number of rotatable bonds is 4. The molecule has 1 unspecified atom stereocenters. The number of nitrogen functional groups attached to an aromatic ring is 1. The molecule has 2 N–H and O–H groups in total. The topological polar surface area (TPSA) is 43.1 Å². The van der Waals surface area contributed by atoms with Gasteiger partial charge in [0.15, 0.2) is 0 Å². The average Bonchev–Trinajstić information content (AvgIpc) is 2.35. The Kier molecular flexibility index (Phi) is 4.55. The Balaban J connectivity index is 2.08. The second-order valence-corrected chi connectivity index (χ2v) is 6.33. The second-order valence-electron chi connectivity index (χ2n) is 4.02. The van der Waals surface area contributed by atoms with E-state index in [9.17, 15) is 4.21 Å². The van der Waals surface area contributed by atoms with Crippen LogP contribution in [0.25, 0.3) is 0 Å². The van der Waals surface area contributed by atoms with Crippen LogP contribution in [0.2, 0.25) is 0 Å². The minimum absolute atomic E-state index is 0.474. The lowest BCUT2D eigenvalue weighted by atomic mass is 10.2. The van der Waals surface area contributed by atoms with Gasteiger partial charge in [0, 0.05) is 32.3 Å². The largest absolute Gasteiger partial charge is 0.398 e. The van der Waals surface area contributed by atoms with Crippen molar-refractivity contribution >= 4 is 32.4 Å². The Morgan fingerprint density at radius 3 is 2.39 bits per heavy atom. The van der Waals surface area contributed by atoms with Crippen LogP contribution >= 0.6 is 15.9 Å². The fraction of sp³-hybridized carbons (Fsp3) is 0.143. The van der Waals surface area contributed by atoms with E-state index in [2.05, 4.69) is 15.9 Å². The summed E-state index contributed by atoms with van der Waals surface area (Å²) in [6, 6.07) is 15.5. The maximum Gasteiger partial charge on any atom is 0.0520 e. The van der Waals surface area contributed by atoms with Crippen LogP contribution in [0.4, 0.5) is 5.69 Å². The summed E-state index contributed by atoms with van der Waals surface area (Å²) in [5.41, 5.74) is 8.59. The van der Waals surface area contributed by atoms with E-state index in [4.69, 9.17) is 5.73 Å². The molecule has 0 saturated heterocycles. The van der Waals surface area contributed by atoms with E-state index in [1.165, 1.54) is 0 Å². The quantitative estimate of drug-likeness (QED) is 0.875. The molecule has 0 spiro atoms. The van der Waals surface area contributed by atoms with Crippen LogP contribution in [0.15, 0.2) is 53.0 Å². The van der Waals surface area contributed by atoms with Crippen molar-refractivity contribution in [2.24, 2.45) is 0 Å². The smallest absolute Gasteiger partial charge is 0.0520 e. The van der Waals surface area contributed by atoms with Gasteiger partial charge >= 0.3 is 0 Å². The molecule has 0 aliphatic heterocycles. The number of benzene rings is 2. The van der Waals surface area contributed by atoms with Crippen molar-refractivity contribution in [1.82, 2.24) is 0 Å². The summed E-state index contributed by atoms with van der Waals surface area (Å²) in [4.78, 5) is 0. The van der Waals surface area contributed by atoms with Crippen molar-refractivity contribution < 1.29 is 4.21 Å². The number of anilines is 1. The first-order valence-corrected chi connectivity index (χ1v) is 7.86. The first kappa shape index (κ1) is 13.3. The molecule has 0 amide bonds. The minimum atomic E-state index is -0.953. The molecule has 0 radical (unpaired) electrons. The summed E-state index contributed by atoms with van der Waals surface area (Å²) >= 11 is 3.45. The SMILES string of the molecule is Nc1cccc(Br)c1CS(=O)Cc1ccccc1. The molecule has 94 valence electrons. The Morgan fingerprint density at radius 1 is 1.00 bits per heavy atom. The Bertz CT molecular complexity index is 537. The highest BCUT2D eigenvalue weighted by molar-refractivity contribution is 9.10. The van der Waals surface area contributed by atoms with Crippen molar-refractivity contribution in [3.05, 3.63) is 64.1 Å². The summed E-state index contributed by atoms with van der Waals surface area (Å²) < 4.78 is 13.0. The lowest BCUT2D eigenvalue weighted by Gasteiger charge is -2.08. The third-order valence-electron chi connectivity index (χ3n) is 2.63. The molecule has 0 heterocycles. The summed E-state index contributed by atoms with van der Waals surface area (Å²) in [6.45, 7) is 0. The van der Waals surface area contributed by atoms with E-state index >= 15 is 0 Å². The highest BCUT2D eigenvalue weighted by Gasteiger charge is 2.09. The maximum atomic E-state index is 12.1. The van der Waals surface area contributed by atoms with Crippen LogP contribution in [0.1, 0.15) is 11.1 Å². The van der Waals surface area contributed by atoms with Gasteiger partial charge in [0.05, 0.1) is 5.75 Å². The van der Waals surface area contributed by atoms with Crippen molar-refractivity contribution in [1.29, 1.82) is 0 Å². The van der Waals surface area contributed by atoms with Gasteiger partial charge in [-0.1, -0.05) is 52.3 Å². The van der Waals surface area contributed by atoms with Gasteiger partial charge in [0.1, 0.15) is 0 Å². The molecule has 4 heteroatoms. The molecule has 2 aromatic rings. The highest BCUT2D eigenvalue weighted by atomic mass is 79.9. The van der Waals surface area contributed by atoms with Gasteiger partial charge < -0.3 is 5.73 Å². The standard InChI is InChI=1S/C14H14BrNOS/c15-13-7-4-8-14(16)12(13)10-18(17)9-11-5-2-1-3-6-11/h1-8H,9-10,16H2. The lowest BCUT2D eigenvalue weighted by molar-refractivity contribution is 0.682. The molecule has 0 fully saturated rings. The number of halogens is 1. The second kappa shape index (κ2) is 6.16. The van der Waals surface area contributed by atoms with Gasteiger partial charge in [-0.15, -0.1) is 0 Å². The van der Waals surface area contributed by atoms with Crippen LogP contribution in [0.3, 0.4) is 0 Å². The highest BCUT2D eigenvalue weighted by Crippen LogP contribution is 2.24. The van der Waals surface area contributed by atoms with Gasteiger partial charge in [0.2, 0.25) is 0 Å². The Labute approximate surface area is 118 Å².